The molecule has 1 saturated carbocycles. The summed E-state index contributed by atoms with van der Waals surface area (Å²) in [4.78, 5) is 8.42. The van der Waals surface area contributed by atoms with Crippen LogP contribution in [0.4, 0.5) is 0 Å². The van der Waals surface area contributed by atoms with Gasteiger partial charge >= 0.3 is 0 Å². The van der Waals surface area contributed by atoms with Gasteiger partial charge in [-0.05, 0) is 30.7 Å². The van der Waals surface area contributed by atoms with Crippen LogP contribution in [0, 0.1) is 11.3 Å². The summed E-state index contributed by atoms with van der Waals surface area (Å²) < 4.78 is 5.16. The maximum atomic E-state index is 5.16. The van der Waals surface area contributed by atoms with Gasteiger partial charge in [0, 0.05) is 24.2 Å². The first kappa shape index (κ1) is 14.3. The number of methoxy groups -OCH3 is 1. The fourth-order valence-corrected chi connectivity index (χ4v) is 2.71. The zero-order valence-electron chi connectivity index (χ0n) is 12.4. The first-order chi connectivity index (χ1) is 9.06. The molecule has 0 amide bonds. The van der Waals surface area contributed by atoms with Gasteiger partial charge in [-0.25, -0.2) is 9.97 Å². The predicted molar refractivity (Wildman–Crippen MR) is 76.3 cm³/mol. The second-order valence-electron chi connectivity index (χ2n) is 6.12. The van der Waals surface area contributed by atoms with E-state index in [0.717, 1.165) is 31.0 Å². The van der Waals surface area contributed by atoms with Crippen LogP contribution in [0.2, 0.25) is 0 Å². The average molecular weight is 263 g/mol. The molecule has 0 saturated heterocycles. The van der Waals surface area contributed by atoms with Crippen molar-refractivity contribution >= 4 is 0 Å². The van der Waals surface area contributed by atoms with Crippen LogP contribution < -0.4 is 10.1 Å². The minimum Gasteiger partial charge on any atom is -0.481 e. The third kappa shape index (κ3) is 3.66. The molecule has 2 rings (SSSR count). The van der Waals surface area contributed by atoms with Gasteiger partial charge in [0.2, 0.25) is 5.88 Å². The third-order valence-corrected chi connectivity index (χ3v) is 4.07. The van der Waals surface area contributed by atoms with E-state index < -0.39 is 0 Å². The summed E-state index contributed by atoms with van der Waals surface area (Å²) in [6.07, 6.45) is 5.00. The van der Waals surface area contributed by atoms with Crippen LogP contribution in [-0.2, 0) is 6.42 Å². The summed E-state index contributed by atoms with van der Waals surface area (Å²) >= 11 is 0. The lowest BCUT2D eigenvalue weighted by molar-refractivity contribution is 0.387. The monoisotopic (exact) mass is 263 g/mol. The number of ether oxygens (including phenoxy) is 1. The van der Waals surface area contributed by atoms with Gasteiger partial charge in [0.05, 0.1) is 7.11 Å². The summed E-state index contributed by atoms with van der Waals surface area (Å²) in [5.74, 6) is 1.40. The summed E-state index contributed by atoms with van der Waals surface area (Å²) in [6.45, 7) is 7.97. The van der Waals surface area contributed by atoms with Crippen LogP contribution in [0.3, 0.4) is 0 Å². The SMILES string of the molecule is CCCNC(Cc1cc(OC)ncn1)C1CC1(C)C. The number of rotatable bonds is 7. The van der Waals surface area contributed by atoms with E-state index in [0.29, 0.717) is 17.3 Å². The van der Waals surface area contributed by atoms with Crippen molar-refractivity contribution in [1.29, 1.82) is 0 Å². The van der Waals surface area contributed by atoms with Gasteiger partial charge in [-0.3, -0.25) is 0 Å². The predicted octanol–water partition coefficient (Wildman–Crippen LogP) is 2.44. The molecule has 2 atom stereocenters. The van der Waals surface area contributed by atoms with E-state index in [4.69, 9.17) is 4.74 Å². The summed E-state index contributed by atoms with van der Waals surface area (Å²) in [6, 6.07) is 2.45. The lowest BCUT2D eigenvalue weighted by atomic mass is 9.99. The Kier molecular flexibility index (Phi) is 4.40. The van der Waals surface area contributed by atoms with Crippen molar-refractivity contribution in [3.8, 4) is 5.88 Å². The quantitative estimate of drug-likeness (QED) is 0.821. The number of aromatic nitrogens is 2. The molecular weight excluding hydrogens is 238 g/mol. The molecule has 1 aliphatic carbocycles. The van der Waals surface area contributed by atoms with E-state index in [2.05, 4.69) is 36.1 Å². The van der Waals surface area contributed by atoms with Crippen LogP contribution in [0.25, 0.3) is 0 Å². The van der Waals surface area contributed by atoms with E-state index in [-0.39, 0.29) is 0 Å². The molecule has 0 radical (unpaired) electrons. The van der Waals surface area contributed by atoms with Gasteiger partial charge < -0.3 is 10.1 Å². The molecule has 1 heterocycles. The highest BCUT2D eigenvalue weighted by molar-refractivity contribution is 5.16. The standard InChI is InChI=1S/C15H25N3O/c1-5-6-16-13(12-9-15(12,2)3)7-11-8-14(19-4)18-10-17-11/h8,10,12-13,16H,5-7,9H2,1-4H3. The first-order valence-corrected chi connectivity index (χ1v) is 7.15. The molecule has 1 aromatic heterocycles. The van der Waals surface area contributed by atoms with E-state index in [9.17, 15) is 0 Å². The summed E-state index contributed by atoms with van der Waals surface area (Å²) in [7, 11) is 1.64. The van der Waals surface area contributed by atoms with Gasteiger partial charge in [0.25, 0.3) is 0 Å². The van der Waals surface area contributed by atoms with E-state index in [1.165, 1.54) is 6.42 Å². The lowest BCUT2D eigenvalue weighted by Crippen LogP contribution is -2.35. The fourth-order valence-electron chi connectivity index (χ4n) is 2.71. The second-order valence-corrected chi connectivity index (χ2v) is 6.12. The smallest absolute Gasteiger partial charge is 0.216 e. The van der Waals surface area contributed by atoms with Crippen molar-refractivity contribution in [3.05, 3.63) is 18.1 Å². The van der Waals surface area contributed by atoms with E-state index >= 15 is 0 Å². The highest BCUT2D eigenvalue weighted by atomic mass is 16.5. The molecule has 1 aromatic rings. The Morgan fingerprint density at radius 2 is 2.21 bits per heavy atom. The van der Waals surface area contributed by atoms with Crippen LogP contribution in [0.1, 0.15) is 39.3 Å². The van der Waals surface area contributed by atoms with Gasteiger partial charge in [0.15, 0.2) is 0 Å². The number of hydrogen-bond donors (Lipinski definition) is 1. The minimum atomic E-state index is 0.475. The van der Waals surface area contributed by atoms with Crippen molar-refractivity contribution in [1.82, 2.24) is 15.3 Å². The van der Waals surface area contributed by atoms with Gasteiger partial charge in [0.1, 0.15) is 6.33 Å². The largest absolute Gasteiger partial charge is 0.481 e. The molecule has 19 heavy (non-hydrogen) atoms. The molecule has 106 valence electrons. The first-order valence-electron chi connectivity index (χ1n) is 7.15. The van der Waals surface area contributed by atoms with Gasteiger partial charge in [-0.15, -0.1) is 0 Å². The number of nitrogens with one attached hydrogen (secondary N) is 1. The van der Waals surface area contributed by atoms with Crippen molar-refractivity contribution in [2.45, 2.75) is 46.1 Å². The molecule has 1 aliphatic rings. The maximum Gasteiger partial charge on any atom is 0.216 e. The Hall–Kier alpha value is -1.16. The van der Waals surface area contributed by atoms with Crippen molar-refractivity contribution in [2.75, 3.05) is 13.7 Å². The summed E-state index contributed by atoms with van der Waals surface area (Å²) in [5.41, 5.74) is 1.53. The third-order valence-electron chi connectivity index (χ3n) is 4.07. The Balaban J connectivity index is 2.02. The maximum absolute atomic E-state index is 5.16. The van der Waals surface area contributed by atoms with Crippen LogP contribution >= 0.6 is 0 Å². The van der Waals surface area contributed by atoms with Gasteiger partial charge in [-0.1, -0.05) is 20.8 Å². The summed E-state index contributed by atoms with van der Waals surface area (Å²) in [5, 5.41) is 3.67. The fraction of sp³-hybridized carbons (Fsp3) is 0.733. The normalized spacial score (nSPS) is 22.0. The molecule has 4 heteroatoms. The Morgan fingerprint density at radius 3 is 2.79 bits per heavy atom. The molecular formula is C15H25N3O. The topological polar surface area (TPSA) is 47.0 Å². The zero-order valence-corrected chi connectivity index (χ0v) is 12.4. The Bertz CT molecular complexity index is 420. The number of nitrogens with zero attached hydrogens (tertiary/aromatic N) is 2. The Morgan fingerprint density at radius 1 is 1.47 bits per heavy atom. The van der Waals surface area contributed by atoms with Crippen molar-refractivity contribution in [3.63, 3.8) is 0 Å². The van der Waals surface area contributed by atoms with Gasteiger partial charge in [-0.2, -0.15) is 0 Å². The molecule has 0 aromatic carbocycles. The zero-order chi connectivity index (χ0) is 13.9. The van der Waals surface area contributed by atoms with Crippen LogP contribution in [0.15, 0.2) is 12.4 Å². The van der Waals surface area contributed by atoms with Crippen LogP contribution in [0.5, 0.6) is 5.88 Å². The molecule has 4 nitrogen and oxygen atoms in total. The van der Waals surface area contributed by atoms with E-state index in [1.807, 2.05) is 6.07 Å². The molecule has 0 aliphatic heterocycles. The van der Waals surface area contributed by atoms with Crippen molar-refractivity contribution in [2.24, 2.45) is 11.3 Å². The molecule has 0 spiro atoms. The number of hydrogen-bond acceptors (Lipinski definition) is 4. The highest BCUT2D eigenvalue weighted by Crippen LogP contribution is 2.54. The Labute approximate surface area is 116 Å². The minimum absolute atomic E-state index is 0.475. The molecule has 2 unspecified atom stereocenters. The van der Waals surface area contributed by atoms with E-state index in [1.54, 1.807) is 13.4 Å². The van der Waals surface area contributed by atoms with Crippen molar-refractivity contribution < 1.29 is 4.74 Å². The molecule has 0 bridgehead atoms. The average Bonchev–Trinajstić information content (AvgIpc) is 3.03. The highest BCUT2D eigenvalue weighted by Gasteiger charge is 2.49. The molecule has 1 fully saturated rings. The van der Waals surface area contributed by atoms with Crippen LogP contribution in [-0.4, -0.2) is 29.7 Å². The lowest BCUT2D eigenvalue weighted by Gasteiger charge is -2.20. The molecule has 1 N–H and O–H groups in total. The second kappa shape index (κ2) is 5.87.